The molecular weight excluding hydrogens is 246 g/mol. The molecule has 1 unspecified atom stereocenters. The maximum Gasteiger partial charge on any atom is 0.310 e. The van der Waals surface area contributed by atoms with Gasteiger partial charge in [-0.1, -0.05) is 0 Å². The van der Waals surface area contributed by atoms with Crippen LogP contribution in [-0.4, -0.2) is 55.9 Å². The van der Waals surface area contributed by atoms with E-state index in [1.54, 1.807) is 13.8 Å². The number of nitrogens with zero attached hydrogens (tertiary/aromatic N) is 1. The normalized spacial score (nSPS) is 26.2. The van der Waals surface area contributed by atoms with Crippen molar-refractivity contribution in [2.75, 3.05) is 32.1 Å². The highest BCUT2D eigenvalue weighted by atomic mass is 32.2. The molecule has 1 heterocycles. The molecule has 1 aliphatic rings. The van der Waals surface area contributed by atoms with Gasteiger partial charge < -0.3 is 9.84 Å². The summed E-state index contributed by atoms with van der Waals surface area (Å²) >= 11 is 0. The van der Waals surface area contributed by atoms with Crippen LogP contribution >= 0.6 is 0 Å². The monoisotopic (exact) mass is 265 g/mol. The summed E-state index contributed by atoms with van der Waals surface area (Å²) in [5, 5.41) is 9.02. The summed E-state index contributed by atoms with van der Waals surface area (Å²) in [4.78, 5) is 11.0. The number of carbonyl (C=O) groups is 1. The third-order valence-corrected chi connectivity index (χ3v) is 4.82. The first-order chi connectivity index (χ1) is 7.82. The lowest BCUT2D eigenvalue weighted by Crippen LogP contribution is -2.36. The number of hydrogen-bond donors (Lipinski definition) is 1. The first-order valence-electron chi connectivity index (χ1n) is 5.61. The standard InChI is InChI=1S/C10H19NO5S/c1-3-16-6-7-17(14,15)11-5-4-10(2,8-11)9(12)13/h3-8H2,1-2H3,(H,12,13). The van der Waals surface area contributed by atoms with Gasteiger partial charge in [-0.15, -0.1) is 0 Å². The number of ether oxygens (including phenoxy) is 1. The van der Waals surface area contributed by atoms with E-state index in [1.807, 2.05) is 0 Å². The van der Waals surface area contributed by atoms with E-state index in [1.165, 1.54) is 4.31 Å². The molecular formula is C10H19NO5S. The van der Waals surface area contributed by atoms with Gasteiger partial charge in [0.25, 0.3) is 0 Å². The Hall–Kier alpha value is -0.660. The highest BCUT2D eigenvalue weighted by molar-refractivity contribution is 7.89. The van der Waals surface area contributed by atoms with Crippen molar-refractivity contribution >= 4 is 16.0 Å². The summed E-state index contributed by atoms with van der Waals surface area (Å²) in [6.45, 7) is 4.33. The Kier molecular flexibility index (Phi) is 4.51. The Morgan fingerprint density at radius 3 is 2.65 bits per heavy atom. The third-order valence-electron chi connectivity index (χ3n) is 3.04. The molecule has 0 aromatic carbocycles. The fourth-order valence-corrected chi connectivity index (χ4v) is 3.21. The second-order valence-electron chi connectivity index (χ2n) is 4.46. The van der Waals surface area contributed by atoms with Crippen LogP contribution in [0.1, 0.15) is 20.3 Å². The molecule has 0 aromatic heterocycles. The summed E-state index contributed by atoms with van der Waals surface area (Å²) in [6.07, 6.45) is 0.357. The van der Waals surface area contributed by atoms with E-state index < -0.39 is 21.4 Å². The fraction of sp³-hybridized carbons (Fsp3) is 0.900. The molecule has 7 heteroatoms. The lowest BCUT2D eigenvalue weighted by molar-refractivity contribution is -0.146. The Labute approximate surface area is 102 Å². The number of carboxylic acid groups (broad SMARTS) is 1. The average Bonchev–Trinajstić information content (AvgIpc) is 2.63. The molecule has 1 saturated heterocycles. The molecule has 1 rings (SSSR count). The Morgan fingerprint density at radius 1 is 1.53 bits per heavy atom. The van der Waals surface area contributed by atoms with Crippen LogP contribution in [0.25, 0.3) is 0 Å². The van der Waals surface area contributed by atoms with E-state index in [0.29, 0.717) is 13.0 Å². The molecule has 0 aromatic rings. The van der Waals surface area contributed by atoms with Crippen LogP contribution < -0.4 is 0 Å². The lowest BCUT2D eigenvalue weighted by atomic mass is 9.90. The van der Waals surface area contributed by atoms with Crippen LogP contribution in [0.3, 0.4) is 0 Å². The van der Waals surface area contributed by atoms with Crippen molar-refractivity contribution in [3.05, 3.63) is 0 Å². The van der Waals surface area contributed by atoms with Crippen molar-refractivity contribution in [1.82, 2.24) is 4.31 Å². The van der Waals surface area contributed by atoms with Gasteiger partial charge in [0.1, 0.15) is 0 Å². The van der Waals surface area contributed by atoms with E-state index in [4.69, 9.17) is 9.84 Å². The molecule has 1 fully saturated rings. The Balaban J connectivity index is 2.61. The van der Waals surface area contributed by atoms with Crippen LogP contribution in [-0.2, 0) is 19.6 Å². The molecule has 6 nitrogen and oxygen atoms in total. The topological polar surface area (TPSA) is 83.9 Å². The number of hydrogen-bond acceptors (Lipinski definition) is 4. The summed E-state index contributed by atoms with van der Waals surface area (Å²) in [5.74, 6) is -1.03. The van der Waals surface area contributed by atoms with Gasteiger partial charge in [0.2, 0.25) is 10.0 Å². The Morgan fingerprint density at radius 2 is 2.18 bits per heavy atom. The highest BCUT2D eigenvalue weighted by Gasteiger charge is 2.44. The Bertz CT molecular complexity index is 380. The van der Waals surface area contributed by atoms with Crippen LogP contribution in [0, 0.1) is 5.41 Å². The van der Waals surface area contributed by atoms with Gasteiger partial charge in [0.15, 0.2) is 0 Å². The number of aliphatic carboxylic acids is 1. The van der Waals surface area contributed by atoms with E-state index in [9.17, 15) is 13.2 Å². The van der Waals surface area contributed by atoms with Crippen LogP contribution in [0.15, 0.2) is 0 Å². The molecule has 0 bridgehead atoms. The average molecular weight is 265 g/mol. The summed E-state index contributed by atoms with van der Waals surface area (Å²) < 4.78 is 30.0. The second-order valence-corrected chi connectivity index (χ2v) is 6.55. The molecule has 0 aliphatic carbocycles. The minimum absolute atomic E-state index is 0.0524. The molecule has 1 atom stereocenters. The molecule has 100 valence electrons. The van der Waals surface area contributed by atoms with Crippen LogP contribution in [0.4, 0.5) is 0 Å². The van der Waals surface area contributed by atoms with Gasteiger partial charge in [0.05, 0.1) is 17.8 Å². The first kappa shape index (κ1) is 14.4. The predicted molar refractivity (Wildman–Crippen MR) is 62.2 cm³/mol. The number of sulfonamides is 1. The quantitative estimate of drug-likeness (QED) is 0.691. The van der Waals surface area contributed by atoms with Crippen molar-refractivity contribution in [3.63, 3.8) is 0 Å². The molecule has 1 N–H and O–H groups in total. The van der Waals surface area contributed by atoms with Gasteiger partial charge in [-0.25, -0.2) is 12.7 Å². The highest BCUT2D eigenvalue weighted by Crippen LogP contribution is 2.31. The van der Waals surface area contributed by atoms with Gasteiger partial charge in [-0.2, -0.15) is 0 Å². The predicted octanol–water partition coefficient (Wildman–Crippen LogP) is 0.149. The summed E-state index contributed by atoms with van der Waals surface area (Å²) in [6, 6.07) is 0. The lowest BCUT2D eigenvalue weighted by Gasteiger charge is -2.19. The van der Waals surface area contributed by atoms with E-state index in [2.05, 4.69) is 0 Å². The maximum absolute atomic E-state index is 11.9. The van der Waals surface area contributed by atoms with Gasteiger partial charge in [-0.05, 0) is 20.3 Å². The van der Waals surface area contributed by atoms with Crippen molar-refractivity contribution in [2.45, 2.75) is 20.3 Å². The molecule has 0 saturated carbocycles. The fourth-order valence-electron chi connectivity index (χ4n) is 1.77. The van der Waals surface area contributed by atoms with Gasteiger partial charge in [0, 0.05) is 19.7 Å². The van der Waals surface area contributed by atoms with Gasteiger partial charge in [-0.3, -0.25) is 4.79 Å². The SMILES string of the molecule is CCOCCS(=O)(=O)N1CCC(C)(C(=O)O)C1. The molecule has 0 spiro atoms. The number of rotatable bonds is 6. The number of carboxylic acids is 1. The minimum Gasteiger partial charge on any atom is -0.481 e. The van der Waals surface area contributed by atoms with Crippen molar-refractivity contribution in [3.8, 4) is 0 Å². The molecule has 1 aliphatic heterocycles. The van der Waals surface area contributed by atoms with Crippen molar-refractivity contribution < 1.29 is 23.1 Å². The van der Waals surface area contributed by atoms with E-state index >= 15 is 0 Å². The molecule has 17 heavy (non-hydrogen) atoms. The largest absolute Gasteiger partial charge is 0.481 e. The zero-order valence-electron chi connectivity index (χ0n) is 10.2. The van der Waals surface area contributed by atoms with Crippen molar-refractivity contribution in [2.24, 2.45) is 5.41 Å². The molecule has 0 amide bonds. The second kappa shape index (κ2) is 5.32. The smallest absolute Gasteiger partial charge is 0.310 e. The summed E-state index contributed by atoms with van der Waals surface area (Å²) in [5.41, 5.74) is -0.960. The maximum atomic E-state index is 11.9. The summed E-state index contributed by atoms with van der Waals surface area (Å²) in [7, 11) is -3.39. The van der Waals surface area contributed by atoms with Gasteiger partial charge >= 0.3 is 5.97 Å². The van der Waals surface area contributed by atoms with Crippen LogP contribution in [0.5, 0.6) is 0 Å². The third kappa shape index (κ3) is 3.40. The zero-order chi connectivity index (χ0) is 13.1. The van der Waals surface area contributed by atoms with Crippen LogP contribution in [0.2, 0.25) is 0 Å². The minimum atomic E-state index is -3.39. The van der Waals surface area contributed by atoms with E-state index in [-0.39, 0.29) is 25.4 Å². The van der Waals surface area contributed by atoms with Crippen molar-refractivity contribution in [1.29, 1.82) is 0 Å². The van der Waals surface area contributed by atoms with E-state index in [0.717, 1.165) is 0 Å². The molecule has 0 radical (unpaired) electrons. The first-order valence-corrected chi connectivity index (χ1v) is 7.22. The zero-order valence-corrected chi connectivity index (χ0v) is 11.0.